The van der Waals surface area contributed by atoms with Crippen LogP contribution in [0.4, 0.5) is 0 Å². The van der Waals surface area contributed by atoms with Crippen LogP contribution in [0.3, 0.4) is 0 Å². The predicted molar refractivity (Wildman–Crippen MR) is 113 cm³/mol. The molecule has 2 N–H and O–H groups in total. The Morgan fingerprint density at radius 3 is 2.38 bits per heavy atom. The van der Waals surface area contributed by atoms with Crippen molar-refractivity contribution in [2.75, 3.05) is 7.11 Å². The number of fused-ring (bicyclic) bond motifs is 1. The molecule has 148 valence electrons. The van der Waals surface area contributed by atoms with E-state index in [-0.39, 0.29) is 4.90 Å². The largest absolute Gasteiger partial charge is 0.480 e. The van der Waals surface area contributed by atoms with Gasteiger partial charge < -0.3 is 9.30 Å². The summed E-state index contributed by atoms with van der Waals surface area (Å²) in [6.07, 6.45) is 3.91. The van der Waals surface area contributed by atoms with Gasteiger partial charge in [0, 0.05) is 24.3 Å². The van der Waals surface area contributed by atoms with Gasteiger partial charge >= 0.3 is 0 Å². The first-order valence-corrected chi connectivity index (χ1v) is 10.6. The van der Waals surface area contributed by atoms with Gasteiger partial charge in [0.2, 0.25) is 15.9 Å². The average molecular weight is 407 g/mol. The lowest BCUT2D eigenvalue weighted by Crippen LogP contribution is -2.12. The van der Waals surface area contributed by atoms with Gasteiger partial charge in [0.05, 0.1) is 23.1 Å². The Morgan fingerprint density at radius 1 is 1.07 bits per heavy atom. The maximum atomic E-state index is 11.5. The number of methoxy groups -OCH3 is 1. The highest BCUT2D eigenvalue weighted by molar-refractivity contribution is 7.89. The molecule has 0 aliphatic heterocycles. The number of pyridine rings is 1. The van der Waals surface area contributed by atoms with Gasteiger partial charge in [0.25, 0.3) is 0 Å². The number of primary sulfonamides is 1. The van der Waals surface area contributed by atoms with E-state index in [1.165, 1.54) is 12.1 Å². The quantitative estimate of drug-likeness (QED) is 0.546. The van der Waals surface area contributed by atoms with E-state index >= 15 is 0 Å². The third-order valence-corrected chi connectivity index (χ3v) is 5.87. The van der Waals surface area contributed by atoms with Crippen molar-refractivity contribution in [3.05, 3.63) is 78.1 Å². The van der Waals surface area contributed by atoms with Crippen molar-refractivity contribution < 1.29 is 13.2 Å². The lowest BCUT2D eigenvalue weighted by molar-refractivity contribution is 0.400. The first kappa shape index (κ1) is 19.2. The van der Waals surface area contributed by atoms with Crippen molar-refractivity contribution in [2.45, 2.75) is 18.4 Å². The average Bonchev–Trinajstić information content (AvgIpc) is 3.03. The predicted octanol–water partition coefficient (Wildman–Crippen LogP) is 3.72. The standard InChI is InChI=1S/C22H21N3O3S/c1-15-13-25(14-16-8-10-18(11-9-16)29(23,26)27)21-19(15)12-24-22(28-2)20(21)17-6-4-3-5-7-17/h3-13H,14H2,1-2H3,(H2,23,26,27). The number of aryl methyl sites for hydroxylation is 1. The number of nitrogens with two attached hydrogens (primary N) is 1. The fourth-order valence-electron chi connectivity index (χ4n) is 3.57. The molecular formula is C22H21N3O3S. The minimum Gasteiger partial charge on any atom is -0.480 e. The molecule has 0 spiro atoms. The monoisotopic (exact) mass is 407 g/mol. The first-order valence-electron chi connectivity index (χ1n) is 9.08. The van der Waals surface area contributed by atoms with Crippen LogP contribution in [0, 0.1) is 6.92 Å². The van der Waals surface area contributed by atoms with Crippen LogP contribution in [0.25, 0.3) is 22.0 Å². The van der Waals surface area contributed by atoms with E-state index in [9.17, 15) is 8.42 Å². The molecule has 0 amide bonds. The Morgan fingerprint density at radius 2 is 1.76 bits per heavy atom. The zero-order chi connectivity index (χ0) is 20.6. The molecule has 6 nitrogen and oxygen atoms in total. The minimum absolute atomic E-state index is 0.102. The second-order valence-electron chi connectivity index (χ2n) is 6.90. The van der Waals surface area contributed by atoms with Gasteiger partial charge in [-0.3, -0.25) is 0 Å². The summed E-state index contributed by atoms with van der Waals surface area (Å²) in [6.45, 7) is 2.62. The molecule has 0 aliphatic carbocycles. The van der Waals surface area contributed by atoms with Gasteiger partial charge in [-0.2, -0.15) is 0 Å². The van der Waals surface area contributed by atoms with Gasteiger partial charge in [-0.15, -0.1) is 0 Å². The molecule has 0 radical (unpaired) electrons. The van der Waals surface area contributed by atoms with Crippen molar-refractivity contribution in [1.29, 1.82) is 0 Å². The van der Waals surface area contributed by atoms with Crippen LogP contribution in [0.15, 0.2) is 71.9 Å². The van der Waals surface area contributed by atoms with Crippen LogP contribution in [0.1, 0.15) is 11.1 Å². The highest BCUT2D eigenvalue weighted by atomic mass is 32.2. The number of hydrogen-bond acceptors (Lipinski definition) is 4. The smallest absolute Gasteiger partial charge is 0.238 e. The molecular weight excluding hydrogens is 386 g/mol. The number of ether oxygens (including phenoxy) is 1. The van der Waals surface area contributed by atoms with Crippen molar-refractivity contribution in [2.24, 2.45) is 5.14 Å². The summed E-state index contributed by atoms with van der Waals surface area (Å²) in [7, 11) is -2.09. The van der Waals surface area contributed by atoms with Crippen molar-refractivity contribution in [1.82, 2.24) is 9.55 Å². The molecule has 0 fully saturated rings. The van der Waals surface area contributed by atoms with Gasteiger partial charge in [-0.25, -0.2) is 18.5 Å². The van der Waals surface area contributed by atoms with Crippen LogP contribution < -0.4 is 9.88 Å². The molecule has 0 bridgehead atoms. The van der Waals surface area contributed by atoms with Crippen LogP contribution in [0.2, 0.25) is 0 Å². The van der Waals surface area contributed by atoms with E-state index in [0.29, 0.717) is 12.4 Å². The summed E-state index contributed by atoms with van der Waals surface area (Å²) in [5.41, 5.74) is 5.04. The van der Waals surface area contributed by atoms with Crippen molar-refractivity contribution in [3.63, 3.8) is 0 Å². The molecule has 2 aromatic heterocycles. The molecule has 4 rings (SSSR count). The Hall–Kier alpha value is -3.16. The molecule has 0 aliphatic rings. The number of sulfonamides is 1. The molecule has 0 saturated heterocycles. The normalized spacial score (nSPS) is 11.7. The van der Waals surface area contributed by atoms with E-state index in [4.69, 9.17) is 9.88 Å². The fourth-order valence-corrected chi connectivity index (χ4v) is 4.08. The van der Waals surface area contributed by atoms with E-state index < -0.39 is 10.0 Å². The SMILES string of the molecule is COc1ncc2c(C)cn(Cc3ccc(S(N)(=O)=O)cc3)c2c1-c1ccccc1. The molecule has 0 saturated carbocycles. The van der Waals surface area contributed by atoms with Gasteiger partial charge in [-0.1, -0.05) is 42.5 Å². The van der Waals surface area contributed by atoms with E-state index in [1.807, 2.05) is 43.5 Å². The third kappa shape index (κ3) is 3.62. The van der Waals surface area contributed by atoms with Crippen LogP contribution in [-0.4, -0.2) is 25.1 Å². The highest BCUT2D eigenvalue weighted by Gasteiger charge is 2.18. The summed E-state index contributed by atoms with van der Waals surface area (Å²) in [5.74, 6) is 0.563. The lowest BCUT2D eigenvalue weighted by atomic mass is 10.0. The topological polar surface area (TPSA) is 87.2 Å². The number of benzene rings is 2. The summed E-state index contributed by atoms with van der Waals surface area (Å²) in [6, 6.07) is 16.6. The van der Waals surface area contributed by atoms with Gasteiger partial charge in [-0.05, 0) is 35.7 Å². The molecule has 2 heterocycles. The molecule has 7 heteroatoms. The van der Waals surface area contributed by atoms with Crippen molar-refractivity contribution >= 4 is 20.9 Å². The Balaban J connectivity index is 1.87. The van der Waals surface area contributed by atoms with Crippen molar-refractivity contribution in [3.8, 4) is 17.0 Å². The second kappa shape index (κ2) is 7.35. The zero-order valence-corrected chi connectivity index (χ0v) is 17.0. The number of hydrogen-bond donors (Lipinski definition) is 1. The van der Waals surface area contributed by atoms with E-state index in [0.717, 1.165) is 33.2 Å². The maximum absolute atomic E-state index is 11.5. The number of aromatic nitrogens is 2. The molecule has 0 unspecified atom stereocenters. The van der Waals surface area contributed by atoms with E-state index in [2.05, 4.69) is 15.7 Å². The molecule has 29 heavy (non-hydrogen) atoms. The Kier molecular flexibility index (Phi) is 4.86. The summed E-state index contributed by atoms with van der Waals surface area (Å²) >= 11 is 0. The maximum Gasteiger partial charge on any atom is 0.238 e. The van der Waals surface area contributed by atoms with Crippen LogP contribution in [-0.2, 0) is 16.6 Å². The molecule has 4 aromatic rings. The molecule has 0 atom stereocenters. The van der Waals surface area contributed by atoms with Crippen LogP contribution >= 0.6 is 0 Å². The summed E-state index contributed by atoms with van der Waals surface area (Å²) in [5, 5.41) is 6.25. The lowest BCUT2D eigenvalue weighted by Gasteiger charge is -2.13. The van der Waals surface area contributed by atoms with Gasteiger partial charge in [0.15, 0.2) is 0 Å². The summed E-state index contributed by atoms with van der Waals surface area (Å²) in [4.78, 5) is 4.61. The summed E-state index contributed by atoms with van der Waals surface area (Å²) < 4.78 is 30.7. The van der Waals surface area contributed by atoms with Gasteiger partial charge in [0.1, 0.15) is 0 Å². The first-order chi connectivity index (χ1) is 13.9. The Labute approximate surface area is 169 Å². The highest BCUT2D eigenvalue weighted by Crippen LogP contribution is 2.37. The minimum atomic E-state index is -3.71. The third-order valence-electron chi connectivity index (χ3n) is 4.94. The Bertz CT molecular complexity index is 1280. The second-order valence-corrected chi connectivity index (χ2v) is 8.46. The fraction of sp³-hybridized carbons (Fsp3) is 0.136. The van der Waals surface area contributed by atoms with Crippen LogP contribution in [0.5, 0.6) is 5.88 Å². The number of rotatable bonds is 5. The molecule has 2 aromatic carbocycles. The zero-order valence-electron chi connectivity index (χ0n) is 16.2. The van der Waals surface area contributed by atoms with E-state index in [1.54, 1.807) is 19.2 Å². The number of nitrogens with zero attached hydrogens (tertiary/aromatic N) is 2.